The second-order valence-corrected chi connectivity index (χ2v) is 3.63. The number of rotatable bonds is 5. The average molecular weight is 211 g/mol. The highest BCUT2D eigenvalue weighted by molar-refractivity contribution is 5.89. The zero-order valence-corrected chi connectivity index (χ0v) is 9.12. The van der Waals surface area contributed by atoms with Crippen LogP contribution in [0.5, 0.6) is 0 Å². The van der Waals surface area contributed by atoms with E-state index >= 15 is 0 Å². The first-order chi connectivity index (χ1) is 7.11. The van der Waals surface area contributed by atoms with E-state index in [0.29, 0.717) is 12.3 Å². The lowest BCUT2D eigenvalue weighted by atomic mass is 10.1. The highest BCUT2D eigenvalue weighted by Crippen LogP contribution is 2.09. The minimum Gasteiger partial charge on any atom is -0.338 e. The van der Waals surface area contributed by atoms with Gasteiger partial charge in [-0.05, 0) is 13.3 Å². The molecule has 1 amide bonds. The highest BCUT2D eigenvalue weighted by Gasteiger charge is 2.10. The number of aryl methyl sites for hydroxylation is 1. The van der Waals surface area contributed by atoms with Crippen LogP contribution in [-0.2, 0) is 4.79 Å². The van der Waals surface area contributed by atoms with Gasteiger partial charge < -0.3 is 10.3 Å². The van der Waals surface area contributed by atoms with Gasteiger partial charge in [-0.25, -0.2) is 0 Å². The maximum absolute atomic E-state index is 11.4. The number of nitrogens with zero attached hydrogens (tertiary/aromatic N) is 1. The number of hydrogen-bond acceptors (Lipinski definition) is 4. The summed E-state index contributed by atoms with van der Waals surface area (Å²) < 4.78 is 4.85. The minimum absolute atomic E-state index is 0.0842. The fourth-order valence-electron chi connectivity index (χ4n) is 1.32. The molecule has 1 aromatic heterocycles. The monoisotopic (exact) mass is 211 g/mol. The standard InChI is InChI=1S/C10H17N3O2/c1-3-4-8(11)6-9(14)12-10-5-7(2)13-15-10/h5,8H,3-4,6,11H2,1-2H3,(H,12,14). The molecule has 84 valence electrons. The molecule has 5 nitrogen and oxygen atoms in total. The fourth-order valence-corrected chi connectivity index (χ4v) is 1.32. The van der Waals surface area contributed by atoms with Crippen LogP contribution in [0.25, 0.3) is 0 Å². The number of aromatic nitrogens is 1. The van der Waals surface area contributed by atoms with Crippen molar-refractivity contribution in [3.05, 3.63) is 11.8 Å². The molecule has 1 unspecified atom stereocenters. The van der Waals surface area contributed by atoms with Crippen LogP contribution in [0.4, 0.5) is 5.88 Å². The van der Waals surface area contributed by atoms with E-state index in [1.54, 1.807) is 13.0 Å². The molecule has 0 bridgehead atoms. The lowest BCUT2D eigenvalue weighted by molar-refractivity contribution is -0.116. The quantitative estimate of drug-likeness (QED) is 0.772. The molecule has 3 N–H and O–H groups in total. The van der Waals surface area contributed by atoms with E-state index in [2.05, 4.69) is 10.5 Å². The van der Waals surface area contributed by atoms with Crippen LogP contribution in [0.1, 0.15) is 31.9 Å². The van der Waals surface area contributed by atoms with E-state index in [9.17, 15) is 4.79 Å². The van der Waals surface area contributed by atoms with Gasteiger partial charge in [-0.3, -0.25) is 10.1 Å². The first kappa shape index (κ1) is 11.7. The first-order valence-electron chi connectivity index (χ1n) is 5.10. The maximum atomic E-state index is 11.4. The predicted molar refractivity (Wildman–Crippen MR) is 57.4 cm³/mol. The Hall–Kier alpha value is -1.36. The predicted octanol–water partition coefficient (Wildman–Crippen LogP) is 1.44. The van der Waals surface area contributed by atoms with Crippen LogP contribution in [0, 0.1) is 6.92 Å². The fraction of sp³-hybridized carbons (Fsp3) is 0.600. The lowest BCUT2D eigenvalue weighted by Crippen LogP contribution is -2.26. The zero-order valence-electron chi connectivity index (χ0n) is 9.12. The van der Waals surface area contributed by atoms with Crippen molar-refractivity contribution >= 4 is 11.8 Å². The van der Waals surface area contributed by atoms with Gasteiger partial charge in [-0.15, -0.1) is 0 Å². The van der Waals surface area contributed by atoms with Gasteiger partial charge in [0.2, 0.25) is 11.8 Å². The molecule has 5 heteroatoms. The van der Waals surface area contributed by atoms with Crippen LogP contribution in [0.15, 0.2) is 10.6 Å². The van der Waals surface area contributed by atoms with Crippen molar-refractivity contribution < 1.29 is 9.32 Å². The van der Waals surface area contributed by atoms with Crippen molar-refractivity contribution in [2.24, 2.45) is 5.73 Å². The lowest BCUT2D eigenvalue weighted by Gasteiger charge is -2.08. The molecule has 0 spiro atoms. The van der Waals surface area contributed by atoms with Gasteiger partial charge in [-0.1, -0.05) is 18.5 Å². The van der Waals surface area contributed by atoms with Crippen molar-refractivity contribution in [1.29, 1.82) is 0 Å². The molecule has 1 atom stereocenters. The molecule has 1 aromatic rings. The summed E-state index contributed by atoms with van der Waals surface area (Å²) in [5.74, 6) is 0.244. The van der Waals surface area contributed by atoms with Crippen LogP contribution < -0.4 is 11.1 Å². The Bertz CT molecular complexity index is 322. The summed E-state index contributed by atoms with van der Waals surface area (Å²) in [5, 5.41) is 6.27. The summed E-state index contributed by atoms with van der Waals surface area (Å²) in [4.78, 5) is 11.4. The third-order valence-corrected chi connectivity index (χ3v) is 2.00. The van der Waals surface area contributed by atoms with Crippen LogP contribution in [-0.4, -0.2) is 17.1 Å². The Morgan fingerprint density at radius 1 is 1.73 bits per heavy atom. The Balaban J connectivity index is 2.36. The third kappa shape index (κ3) is 4.12. The van der Waals surface area contributed by atoms with Crippen LogP contribution >= 0.6 is 0 Å². The summed E-state index contributed by atoms with van der Waals surface area (Å²) >= 11 is 0. The van der Waals surface area contributed by atoms with E-state index < -0.39 is 0 Å². The summed E-state index contributed by atoms with van der Waals surface area (Å²) in [6.45, 7) is 3.83. The van der Waals surface area contributed by atoms with Crippen molar-refractivity contribution in [1.82, 2.24) is 5.16 Å². The topological polar surface area (TPSA) is 81.2 Å². The summed E-state index contributed by atoms with van der Waals surface area (Å²) in [6.07, 6.45) is 2.15. The second-order valence-electron chi connectivity index (χ2n) is 3.63. The maximum Gasteiger partial charge on any atom is 0.231 e. The number of amides is 1. The largest absolute Gasteiger partial charge is 0.338 e. The Morgan fingerprint density at radius 3 is 3.00 bits per heavy atom. The van der Waals surface area contributed by atoms with Crippen molar-refractivity contribution in [2.45, 2.75) is 39.2 Å². The molecule has 15 heavy (non-hydrogen) atoms. The number of nitrogens with two attached hydrogens (primary N) is 1. The second kappa shape index (κ2) is 5.50. The molecule has 0 aliphatic rings. The average Bonchev–Trinajstić information content (AvgIpc) is 2.51. The van der Waals surface area contributed by atoms with Crippen molar-refractivity contribution in [3.8, 4) is 0 Å². The zero-order chi connectivity index (χ0) is 11.3. The summed E-state index contributed by atoms with van der Waals surface area (Å²) in [7, 11) is 0. The summed E-state index contributed by atoms with van der Waals surface area (Å²) in [6, 6.07) is 1.59. The first-order valence-corrected chi connectivity index (χ1v) is 5.10. The van der Waals surface area contributed by atoms with Gasteiger partial charge in [-0.2, -0.15) is 0 Å². The van der Waals surface area contributed by atoms with E-state index in [4.69, 9.17) is 10.3 Å². The van der Waals surface area contributed by atoms with Gasteiger partial charge >= 0.3 is 0 Å². The number of hydrogen-bond donors (Lipinski definition) is 2. The van der Waals surface area contributed by atoms with Gasteiger partial charge in [0.1, 0.15) is 0 Å². The molecule has 1 rings (SSSR count). The van der Waals surface area contributed by atoms with Crippen molar-refractivity contribution in [2.75, 3.05) is 5.32 Å². The van der Waals surface area contributed by atoms with E-state index in [0.717, 1.165) is 18.5 Å². The Morgan fingerprint density at radius 2 is 2.47 bits per heavy atom. The molecule has 0 aliphatic carbocycles. The highest BCUT2D eigenvalue weighted by atomic mass is 16.5. The SMILES string of the molecule is CCCC(N)CC(=O)Nc1cc(C)no1. The molecular weight excluding hydrogens is 194 g/mol. The minimum atomic E-state index is -0.132. The molecule has 1 heterocycles. The molecule has 0 aromatic carbocycles. The van der Waals surface area contributed by atoms with E-state index in [1.165, 1.54) is 0 Å². The van der Waals surface area contributed by atoms with E-state index in [-0.39, 0.29) is 11.9 Å². The third-order valence-electron chi connectivity index (χ3n) is 2.00. The number of carbonyl (C=O) groups is 1. The molecule has 0 fully saturated rings. The van der Waals surface area contributed by atoms with Crippen LogP contribution in [0.2, 0.25) is 0 Å². The van der Waals surface area contributed by atoms with Gasteiger partial charge in [0.05, 0.1) is 5.69 Å². The molecule has 0 saturated carbocycles. The van der Waals surface area contributed by atoms with Gasteiger partial charge in [0, 0.05) is 18.5 Å². The summed E-state index contributed by atoms with van der Waals surface area (Å²) in [5.41, 5.74) is 6.48. The van der Waals surface area contributed by atoms with Gasteiger partial charge in [0.15, 0.2) is 0 Å². The molecule has 0 radical (unpaired) electrons. The number of anilines is 1. The van der Waals surface area contributed by atoms with Gasteiger partial charge in [0.25, 0.3) is 0 Å². The molecule has 0 aliphatic heterocycles. The Labute approximate surface area is 89.0 Å². The molecular formula is C10H17N3O2. The van der Waals surface area contributed by atoms with Crippen LogP contribution in [0.3, 0.4) is 0 Å². The normalized spacial score (nSPS) is 12.5. The number of nitrogens with one attached hydrogen (secondary N) is 1. The van der Waals surface area contributed by atoms with Crippen molar-refractivity contribution in [3.63, 3.8) is 0 Å². The Kier molecular flexibility index (Phi) is 4.30. The number of carbonyl (C=O) groups excluding carboxylic acids is 1. The van der Waals surface area contributed by atoms with E-state index in [1.807, 2.05) is 6.92 Å². The molecule has 0 saturated heterocycles. The smallest absolute Gasteiger partial charge is 0.231 e.